The summed E-state index contributed by atoms with van der Waals surface area (Å²) in [6.07, 6.45) is 4.99. The summed E-state index contributed by atoms with van der Waals surface area (Å²) in [5.74, 6) is -0.268. The van der Waals surface area contributed by atoms with E-state index in [-0.39, 0.29) is 11.7 Å². The maximum absolute atomic E-state index is 14.3. The van der Waals surface area contributed by atoms with Crippen LogP contribution in [0.3, 0.4) is 0 Å². The van der Waals surface area contributed by atoms with E-state index in [1.165, 1.54) is 17.1 Å². The van der Waals surface area contributed by atoms with E-state index < -0.39 is 0 Å². The van der Waals surface area contributed by atoms with Gasteiger partial charge in [0.05, 0.1) is 11.1 Å². The molecule has 5 nitrogen and oxygen atoms in total. The van der Waals surface area contributed by atoms with E-state index in [0.29, 0.717) is 23.7 Å². The minimum atomic E-state index is -0.230. The molecule has 0 radical (unpaired) electrons. The summed E-state index contributed by atoms with van der Waals surface area (Å²) >= 11 is 6.27. The number of para-hydroxylation sites is 1. The first-order valence-electron chi connectivity index (χ1n) is 14.3. The van der Waals surface area contributed by atoms with Crippen molar-refractivity contribution < 1.29 is 9.18 Å². The molecule has 3 aromatic carbocycles. The molecule has 0 spiro atoms. The zero-order chi connectivity index (χ0) is 27.9. The molecule has 1 saturated heterocycles. The Hall–Kier alpha value is -3.19. The zero-order valence-electron chi connectivity index (χ0n) is 23.2. The van der Waals surface area contributed by atoms with Crippen molar-refractivity contribution in [2.45, 2.75) is 45.8 Å². The van der Waals surface area contributed by atoms with Crippen LogP contribution in [0.15, 0.2) is 72.9 Å². The van der Waals surface area contributed by atoms with Crippen molar-refractivity contribution in [2.75, 3.05) is 32.7 Å². The highest BCUT2D eigenvalue weighted by Crippen LogP contribution is 2.26. The van der Waals surface area contributed by atoms with Gasteiger partial charge in [0.1, 0.15) is 5.82 Å². The number of hydrogen-bond acceptors (Lipinski definition) is 3. The molecule has 0 aliphatic carbocycles. The van der Waals surface area contributed by atoms with Crippen LogP contribution in [-0.2, 0) is 26.1 Å². The zero-order valence-corrected chi connectivity index (χ0v) is 24.0. The standard InChI is InChI=1S/C33H38ClFN4O/c1-2-26-12-6-13-27-28(33(40)36-22-25-10-4-3-5-11-25)24-39(32(26)27)19-9-17-37-16-8-18-38(21-20-37)23-29-30(34)14-7-15-31(29)35/h3-7,10-15,24H,2,8-9,16-23H2,1H3,(H,36,40). The summed E-state index contributed by atoms with van der Waals surface area (Å²) in [6, 6.07) is 21.2. The lowest BCUT2D eigenvalue weighted by atomic mass is 10.1. The molecule has 1 N–H and O–H groups in total. The van der Waals surface area contributed by atoms with Crippen LogP contribution in [0.5, 0.6) is 0 Å². The molecule has 4 aromatic rings. The van der Waals surface area contributed by atoms with E-state index in [2.05, 4.69) is 44.8 Å². The number of carbonyl (C=O) groups excluding carboxylic acids is 1. The predicted molar refractivity (Wildman–Crippen MR) is 161 cm³/mol. The van der Waals surface area contributed by atoms with Crippen molar-refractivity contribution >= 4 is 28.4 Å². The lowest BCUT2D eigenvalue weighted by molar-refractivity contribution is 0.0952. The fraction of sp³-hybridized carbons (Fsp3) is 0.364. The number of amides is 1. The molecule has 0 atom stereocenters. The van der Waals surface area contributed by atoms with E-state index in [9.17, 15) is 9.18 Å². The summed E-state index contributed by atoms with van der Waals surface area (Å²) in [5, 5.41) is 4.62. The summed E-state index contributed by atoms with van der Waals surface area (Å²) in [5.41, 5.74) is 4.84. The SMILES string of the molecule is CCc1cccc2c(C(=O)NCc3ccccc3)cn(CCCN3CCCN(Cc4c(F)cccc4Cl)CC3)c12. The molecule has 1 aromatic heterocycles. The third-order valence-corrected chi connectivity index (χ3v) is 8.26. The van der Waals surface area contributed by atoms with Crippen LogP contribution in [0, 0.1) is 5.82 Å². The number of halogens is 2. The lowest BCUT2D eigenvalue weighted by Gasteiger charge is -2.22. The Morgan fingerprint density at radius 2 is 1.70 bits per heavy atom. The van der Waals surface area contributed by atoms with Gasteiger partial charge in [-0.1, -0.05) is 73.1 Å². The number of rotatable bonds is 10. The Labute approximate surface area is 241 Å². The second-order valence-electron chi connectivity index (χ2n) is 10.6. The van der Waals surface area contributed by atoms with E-state index in [4.69, 9.17) is 11.6 Å². The highest BCUT2D eigenvalue weighted by Gasteiger charge is 2.19. The first-order valence-corrected chi connectivity index (χ1v) is 14.7. The second kappa shape index (κ2) is 13.4. The van der Waals surface area contributed by atoms with Gasteiger partial charge in [-0.2, -0.15) is 0 Å². The molecule has 0 unspecified atom stereocenters. The summed E-state index contributed by atoms with van der Waals surface area (Å²) in [7, 11) is 0. The molecule has 0 saturated carbocycles. The Bertz CT molecular complexity index is 1420. The summed E-state index contributed by atoms with van der Waals surface area (Å²) in [6.45, 7) is 8.86. The van der Waals surface area contributed by atoms with Gasteiger partial charge in [-0.15, -0.1) is 0 Å². The molecule has 40 heavy (non-hydrogen) atoms. The monoisotopic (exact) mass is 560 g/mol. The Morgan fingerprint density at radius 1 is 0.925 bits per heavy atom. The fourth-order valence-electron chi connectivity index (χ4n) is 5.73. The molecule has 7 heteroatoms. The molecular formula is C33H38ClFN4O. The van der Waals surface area contributed by atoms with Gasteiger partial charge in [-0.3, -0.25) is 9.69 Å². The average molecular weight is 561 g/mol. The van der Waals surface area contributed by atoms with E-state index >= 15 is 0 Å². The number of carbonyl (C=O) groups is 1. The first-order chi connectivity index (χ1) is 19.5. The van der Waals surface area contributed by atoms with Crippen LogP contribution >= 0.6 is 11.6 Å². The number of hydrogen-bond donors (Lipinski definition) is 1. The largest absolute Gasteiger partial charge is 0.348 e. The van der Waals surface area contributed by atoms with Crippen molar-refractivity contribution in [1.29, 1.82) is 0 Å². The van der Waals surface area contributed by atoms with Crippen LogP contribution in [0.25, 0.3) is 10.9 Å². The van der Waals surface area contributed by atoms with E-state index in [1.807, 2.05) is 36.5 Å². The smallest absolute Gasteiger partial charge is 0.253 e. The molecule has 5 rings (SSSR count). The number of nitrogens with zero attached hydrogens (tertiary/aromatic N) is 3. The van der Waals surface area contributed by atoms with Gasteiger partial charge in [0.25, 0.3) is 5.91 Å². The Balaban J connectivity index is 1.21. The summed E-state index contributed by atoms with van der Waals surface area (Å²) < 4.78 is 16.6. The molecule has 2 heterocycles. The van der Waals surface area contributed by atoms with Crippen LogP contribution in [0.1, 0.15) is 46.8 Å². The number of fused-ring (bicyclic) bond motifs is 1. The Morgan fingerprint density at radius 3 is 2.50 bits per heavy atom. The number of nitrogens with one attached hydrogen (secondary N) is 1. The Kier molecular flexibility index (Phi) is 9.53. The van der Waals surface area contributed by atoms with Gasteiger partial charge in [0, 0.05) is 54.9 Å². The number of benzene rings is 3. The fourth-order valence-corrected chi connectivity index (χ4v) is 5.95. The van der Waals surface area contributed by atoms with Crippen molar-refractivity contribution in [3.63, 3.8) is 0 Å². The van der Waals surface area contributed by atoms with Gasteiger partial charge in [-0.05, 0) is 62.2 Å². The maximum Gasteiger partial charge on any atom is 0.253 e. The van der Waals surface area contributed by atoms with Gasteiger partial charge >= 0.3 is 0 Å². The van der Waals surface area contributed by atoms with E-state index in [0.717, 1.165) is 75.0 Å². The normalized spacial score (nSPS) is 14.9. The quantitative estimate of drug-likeness (QED) is 0.240. The topological polar surface area (TPSA) is 40.5 Å². The van der Waals surface area contributed by atoms with Gasteiger partial charge in [0.15, 0.2) is 0 Å². The van der Waals surface area contributed by atoms with Crippen molar-refractivity contribution in [3.05, 3.63) is 106 Å². The van der Waals surface area contributed by atoms with Crippen molar-refractivity contribution in [1.82, 2.24) is 19.7 Å². The van der Waals surface area contributed by atoms with Gasteiger partial charge < -0.3 is 14.8 Å². The van der Waals surface area contributed by atoms with Crippen molar-refractivity contribution in [3.8, 4) is 0 Å². The van der Waals surface area contributed by atoms with Crippen molar-refractivity contribution in [2.24, 2.45) is 0 Å². The van der Waals surface area contributed by atoms with Gasteiger partial charge in [0.2, 0.25) is 0 Å². The van der Waals surface area contributed by atoms with Crippen LogP contribution in [-0.4, -0.2) is 53.0 Å². The summed E-state index contributed by atoms with van der Waals surface area (Å²) in [4.78, 5) is 18.0. The van der Waals surface area contributed by atoms with Crippen LogP contribution in [0.2, 0.25) is 5.02 Å². The third-order valence-electron chi connectivity index (χ3n) is 7.90. The molecule has 1 aliphatic rings. The molecule has 0 bridgehead atoms. The molecule has 1 amide bonds. The first kappa shape index (κ1) is 28.3. The maximum atomic E-state index is 14.3. The van der Waals surface area contributed by atoms with E-state index in [1.54, 1.807) is 12.1 Å². The lowest BCUT2D eigenvalue weighted by Crippen LogP contribution is -2.31. The molecule has 1 fully saturated rings. The number of aromatic nitrogens is 1. The molecular weight excluding hydrogens is 523 g/mol. The minimum absolute atomic E-state index is 0.0385. The minimum Gasteiger partial charge on any atom is -0.348 e. The highest BCUT2D eigenvalue weighted by molar-refractivity contribution is 6.31. The van der Waals surface area contributed by atoms with Crippen LogP contribution in [0.4, 0.5) is 4.39 Å². The molecule has 1 aliphatic heterocycles. The number of aryl methyl sites for hydroxylation is 2. The second-order valence-corrected chi connectivity index (χ2v) is 11.0. The average Bonchev–Trinajstić information content (AvgIpc) is 3.20. The van der Waals surface area contributed by atoms with Crippen LogP contribution < -0.4 is 5.32 Å². The predicted octanol–water partition coefficient (Wildman–Crippen LogP) is 6.52. The third kappa shape index (κ3) is 6.74. The highest BCUT2D eigenvalue weighted by atomic mass is 35.5. The van der Waals surface area contributed by atoms with Gasteiger partial charge in [-0.25, -0.2) is 4.39 Å². The molecule has 210 valence electrons.